The van der Waals surface area contributed by atoms with Crippen LogP contribution >= 0.6 is 0 Å². The molecule has 4 rings (SSSR count). The molecule has 0 saturated carbocycles. The van der Waals surface area contributed by atoms with Gasteiger partial charge < -0.3 is 0 Å². The number of hydrogen-bond donors (Lipinski definition) is 1. The molecule has 0 bridgehead atoms. The van der Waals surface area contributed by atoms with Gasteiger partial charge in [0, 0.05) is 18.4 Å². The van der Waals surface area contributed by atoms with E-state index in [9.17, 15) is 8.78 Å². The van der Waals surface area contributed by atoms with E-state index in [4.69, 9.17) is 0 Å². The van der Waals surface area contributed by atoms with Crippen molar-refractivity contribution in [1.29, 1.82) is 0 Å². The van der Waals surface area contributed by atoms with E-state index in [1.54, 1.807) is 4.68 Å². The van der Waals surface area contributed by atoms with Gasteiger partial charge >= 0.3 is 5.92 Å². The van der Waals surface area contributed by atoms with Crippen molar-refractivity contribution in [3.8, 4) is 22.5 Å². The minimum absolute atomic E-state index is 0.324. The number of alkyl halides is 2. The number of nitrogens with zero attached hydrogens (tertiary/aromatic N) is 6. The maximum absolute atomic E-state index is 14.3. The molecule has 33 heavy (non-hydrogen) atoms. The number of aromatic nitrogens is 7. The molecule has 0 aliphatic heterocycles. The second-order valence-corrected chi connectivity index (χ2v) is 8.49. The fraction of sp³-hybridized carbons (Fsp3) is 0.375. The number of aryl methyl sites for hydroxylation is 1. The molecule has 4 aromatic rings. The highest BCUT2D eigenvalue weighted by Gasteiger charge is 2.35. The maximum Gasteiger partial charge on any atom is 0.308 e. The van der Waals surface area contributed by atoms with Gasteiger partial charge in [-0.25, -0.2) is 14.8 Å². The molecule has 172 valence electrons. The van der Waals surface area contributed by atoms with Crippen LogP contribution in [0.15, 0.2) is 48.5 Å². The number of tetrazole rings is 1. The van der Waals surface area contributed by atoms with Crippen molar-refractivity contribution in [3.05, 3.63) is 65.7 Å². The molecule has 7 nitrogen and oxygen atoms in total. The van der Waals surface area contributed by atoms with Gasteiger partial charge in [-0.1, -0.05) is 69.3 Å². The van der Waals surface area contributed by atoms with Gasteiger partial charge in [0.05, 0.1) is 6.54 Å². The van der Waals surface area contributed by atoms with Gasteiger partial charge in [0.25, 0.3) is 0 Å². The zero-order chi connectivity index (χ0) is 23.4. The SMILES string of the molecule is CCC(F)(F)c1nc(CCC(C)C)n(Cc2ccc(-c3ccccc3-c3nnn[nH]3)cc2)n1. The summed E-state index contributed by atoms with van der Waals surface area (Å²) >= 11 is 0. The third-order valence-electron chi connectivity index (χ3n) is 5.59. The number of H-pyrrole nitrogens is 1. The van der Waals surface area contributed by atoms with Crippen LogP contribution in [0.1, 0.15) is 50.8 Å². The predicted octanol–water partition coefficient (Wildman–Crippen LogP) is 5.26. The van der Waals surface area contributed by atoms with Crippen molar-refractivity contribution in [2.45, 2.75) is 52.5 Å². The average Bonchev–Trinajstić information content (AvgIpc) is 3.49. The number of benzene rings is 2. The highest BCUT2D eigenvalue weighted by atomic mass is 19.3. The molecule has 2 aromatic heterocycles. The highest BCUT2D eigenvalue weighted by Crippen LogP contribution is 2.31. The molecule has 0 aliphatic rings. The highest BCUT2D eigenvalue weighted by molar-refractivity contribution is 5.80. The number of rotatable bonds is 9. The van der Waals surface area contributed by atoms with Crippen LogP contribution in [-0.4, -0.2) is 35.4 Å². The van der Waals surface area contributed by atoms with Crippen molar-refractivity contribution >= 4 is 0 Å². The van der Waals surface area contributed by atoms with Gasteiger partial charge in [-0.3, -0.25) is 0 Å². The molecule has 0 saturated heterocycles. The van der Waals surface area contributed by atoms with Gasteiger partial charge in [0.1, 0.15) is 5.82 Å². The van der Waals surface area contributed by atoms with E-state index in [0.29, 0.717) is 30.5 Å². The van der Waals surface area contributed by atoms with Crippen LogP contribution in [-0.2, 0) is 18.9 Å². The van der Waals surface area contributed by atoms with Crippen LogP contribution in [0.3, 0.4) is 0 Å². The van der Waals surface area contributed by atoms with Crippen molar-refractivity contribution in [2.24, 2.45) is 5.92 Å². The number of halogens is 2. The molecular formula is C24H27F2N7. The van der Waals surface area contributed by atoms with Gasteiger partial charge in [-0.15, -0.1) is 10.2 Å². The van der Waals surface area contributed by atoms with Crippen molar-refractivity contribution in [2.75, 3.05) is 0 Å². The zero-order valence-corrected chi connectivity index (χ0v) is 19.0. The first-order valence-electron chi connectivity index (χ1n) is 11.1. The Morgan fingerprint density at radius 2 is 1.76 bits per heavy atom. The summed E-state index contributed by atoms with van der Waals surface area (Å²) in [4.78, 5) is 4.21. The smallest absolute Gasteiger partial charge is 0.245 e. The molecule has 9 heteroatoms. The first kappa shape index (κ1) is 22.7. The number of aromatic amines is 1. The summed E-state index contributed by atoms with van der Waals surface area (Å²) in [6, 6.07) is 15.8. The predicted molar refractivity (Wildman–Crippen MR) is 122 cm³/mol. The normalized spacial score (nSPS) is 11.9. The lowest BCUT2D eigenvalue weighted by atomic mass is 9.98. The standard InChI is InChI=1S/C24H27F2N7/c1-4-24(25,26)23-27-21(14-9-16(2)3)33(30-23)15-17-10-12-18(13-11-17)19-7-5-6-8-20(19)22-28-31-32-29-22/h5-8,10-13,16H,4,9,14-15H2,1-3H3,(H,28,29,31,32). The quantitative estimate of drug-likeness (QED) is 0.375. The van der Waals surface area contributed by atoms with Crippen molar-refractivity contribution < 1.29 is 8.78 Å². The van der Waals surface area contributed by atoms with Crippen LogP contribution in [0.2, 0.25) is 0 Å². The molecule has 0 spiro atoms. The van der Waals surface area contributed by atoms with Crippen LogP contribution in [0.4, 0.5) is 8.78 Å². The minimum Gasteiger partial charge on any atom is -0.245 e. The number of hydrogen-bond acceptors (Lipinski definition) is 5. The fourth-order valence-corrected chi connectivity index (χ4v) is 3.59. The summed E-state index contributed by atoms with van der Waals surface area (Å²) in [6.45, 7) is 6.04. The molecule has 1 N–H and O–H groups in total. The lowest BCUT2D eigenvalue weighted by Gasteiger charge is -2.10. The van der Waals surface area contributed by atoms with E-state index in [0.717, 1.165) is 28.7 Å². The molecule has 0 radical (unpaired) electrons. The molecular weight excluding hydrogens is 424 g/mol. The summed E-state index contributed by atoms with van der Waals surface area (Å²) in [5, 5.41) is 18.3. The summed E-state index contributed by atoms with van der Waals surface area (Å²) in [5.41, 5.74) is 3.85. The molecule has 0 unspecified atom stereocenters. The van der Waals surface area contributed by atoms with Crippen molar-refractivity contribution in [1.82, 2.24) is 35.4 Å². The molecule has 0 amide bonds. The Morgan fingerprint density at radius 3 is 2.39 bits per heavy atom. The molecule has 0 atom stereocenters. The third-order valence-corrected chi connectivity index (χ3v) is 5.59. The van der Waals surface area contributed by atoms with Crippen LogP contribution < -0.4 is 0 Å². The lowest BCUT2D eigenvalue weighted by molar-refractivity contribution is -0.0177. The summed E-state index contributed by atoms with van der Waals surface area (Å²) < 4.78 is 30.1. The van der Waals surface area contributed by atoms with E-state index in [1.807, 2.05) is 48.5 Å². The second-order valence-electron chi connectivity index (χ2n) is 8.49. The van der Waals surface area contributed by atoms with Crippen LogP contribution in [0.5, 0.6) is 0 Å². The summed E-state index contributed by atoms with van der Waals surface area (Å²) in [7, 11) is 0. The summed E-state index contributed by atoms with van der Waals surface area (Å²) in [6.07, 6.45) is 1.15. The van der Waals surface area contributed by atoms with E-state index < -0.39 is 11.7 Å². The van der Waals surface area contributed by atoms with Gasteiger partial charge in [-0.05, 0) is 39.5 Å². The Bertz CT molecular complexity index is 1180. The van der Waals surface area contributed by atoms with Crippen molar-refractivity contribution in [3.63, 3.8) is 0 Å². The van der Waals surface area contributed by atoms with E-state index in [1.165, 1.54) is 6.92 Å². The van der Waals surface area contributed by atoms with E-state index in [2.05, 4.69) is 44.6 Å². The Morgan fingerprint density at radius 1 is 1.03 bits per heavy atom. The largest absolute Gasteiger partial charge is 0.308 e. The zero-order valence-electron chi connectivity index (χ0n) is 19.0. The van der Waals surface area contributed by atoms with E-state index in [-0.39, 0.29) is 6.42 Å². The Kier molecular flexibility index (Phi) is 6.57. The average molecular weight is 452 g/mol. The van der Waals surface area contributed by atoms with Gasteiger partial charge in [-0.2, -0.15) is 8.78 Å². The minimum atomic E-state index is -3.03. The topological polar surface area (TPSA) is 85.2 Å². The molecule has 0 aliphatic carbocycles. The van der Waals surface area contributed by atoms with Gasteiger partial charge in [0.15, 0.2) is 5.82 Å². The monoisotopic (exact) mass is 451 g/mol. The summed E-state index contributed by atoms with van der Waals surface area (Å²) in [5.74, 6) is -1.78. The van der Waals surface area contributed by atoms with E-state index >= 15 is 0 Å². The Hall–Kier alpha value is -3.49. The molecule has 2 heterocycles. The Balaban J connectivity index is 1.60. The van der Waals surface area contributed by atoms with Gasteiger partial charge in [0.2, 0.25) is 5.82 Å². The van der Waals surface area contributed by atoms with Crippen LogP contribution in [0.25, 0.3) is 22.5 Å². The third kappa shape index (κ3) is 5.13. The first-order valence-corrected chi connectivity index (χ1v) is 11.1. The Labute approximate surface area is 191 Å². The lowest BCUT2D eigenvalue weighted by Crippen LogP contribution is -2.14. The second kappa shape index (κ2) is 9.56. The fourth-order valence-electron chi connectivity index (χ4n) is 3.59. The van der Waals surface area contributed by atoms with Crippen LogP contribution in [0, 0.1) is 5.92 Å². The number of nitrogens with one attached hydrogen (secondary N) is 1. The molecule has 0 fully saturated rings. The molecule has 2 aromatic carbocycles. The first-order chi connectivity index (χ1) is 15.9. The maximum atomic E-state index is 14.3.